The van der Waals surface area contributed by atoms with Crippen molar-refractivity contribution in [3.8, 4) is 0 Å². The lowest BCUT2D eigenvalue weighted by molar-refractivity contribution is 0.430. The number of aryl methyl sites for hydroxylation is 1. The Labute approximate surface area is 90.5 Å². The van der Waals surface area contributed by atoms with E-state index in [9.17, 15) is 4.39 Å². The lowest BCUT2D eigenvalue weighted by atomic mass is 9.83. The molecule has 82 valence electrons. The minimum atomic E-state index is -0.0754. The van der Waals surface area contributed by atoms with Gasteiger partial charge in [-0.1, -0.05) is 19.3 Å². The Hall–Kier alpha value is -1.05. The first-order chi connectivity index (χ1) is 7.18. The third kappa shape index (κ3) is 2.14. The van der Waals surface area contributed by atoms with Crippen molar-refractivity contribution in [3.05, 3.63) is 29.1 Å². The van der Waals surface area contributed by atoms with E-state index in [1.165, 1.54) is 19.3 Å². The van der Waals surface area contributed by atoms with E-state index in [1.807, 2.05) is 13.0 Å². The minimum absolute atomic E-state index is 0.0754. The summed E-state index contributed by atoms with van der Waals surface area (Å²) in [7, 11) is 0. The smallest absolute Gasteiger partial charge is 0.127 e. The molecule has 0 heterocycles. The maximum Gasteiger partial charge on any atom is 0.127 e. The van der Waals surface area contributed by atoms with Gasteiger partial charge in [-0.25, -0.2) is 4.39 Å². The van der Waals surface area contributed by atoms with Gasteiger partial charge in [-0.15, -0.1) is 0 Å². The van der Waals surface area contributed by atoms with Crippen LogP contribution in [-0.4, -0.2) is 0 Å². The molecule has 0 aliphatic heterocycles. The first-order valence-electron chi connectivity index (χ1n) is 5.74. The Morgan fingerprint density at radius 3 is 2.53 bits per heavy atom. The minimum Gasteiger partial charge on any atom is -0.399 e. The highest BCUT2D eigenvalue weighted by atomic mass is 19.1. The molecule has 0 unspecified atom stereocenters. The lowest BCUT2D eigenvalue weighted by Gasteiger charge is -2.23. The number of nitrogens with two attached hydrogens (primary N) is 1. The third-order valence-corrected chi connectivity index (χ3v) is 3.43. The second-order valence-corrected chi connectivity index (χ2v) is 4.57. The molecule has 1 aromatic rings. The molecule has 2 N–H and O–H groups in total. The van der Waals surface area contributed by atoms with Crippen molar-refractivity contribution in [2.45, 2.75) is 44.9 Å². The highest BCUT2D eigenvalue weighted by Crippen LogP contribution is 2.35. The number of nitrogen functional groups attached to an aromatic ring is 1. The highest BCUT2D eigenvalue weighted by Gasteiger charge is 2.19. The molecule has 2 rings (SSSR count). The average Bonchev–Trinajstić information content (AvgIpc) is 2.25. The average molecular weight is 207 g/mol. The first-order valence-corrected chi connectivity index (χ1v) is 5.74. The fraction of sp³-hybridized carbons (Fsp3) is 0.538. The molecule has 1 saturated carbocycles. The summed E-state index contributed by atoms with van der Waals surface area (Å²) < 4.78 is 13.8. The number of halogens is 1. The lowest BCUT2D eigenvalue weighted by Crippen LogP contribution is -2.08. The molecule has 15 heavy (non-hydrogen) atoms. The van der Waals surface area contributed by atoms with Crippen LogP contribution in [0.5, 0.6) is 0 Å². The summed E-state index contributed by atoms with van der Waals surface area (Å²) in [4.78, 5) is 0. The van der Waals surface area contributed by atoms with E-state index in [4.69, 9.17) is 5.73 Å². The summed E-state index contributed by atoms with van der Waals surface area (Å²) in [5, 5.41) is 0. The number of anilines is 1. The molecule has 0 aromatic heterocycles. The van der Waals surface area contributed by atoms with Gasteiger partial charge in [-0.2, -0.15) is 0 Å². The molecule has 1 nitrogen and oxygen atoms in total. The molecule has 0 spiro atoms. The molecule has 1 aliphatic carbocycles. The van der Waals surface area contributed by atoms with Crippen molar-refractivity contribution in [2.75, 3.05) is 5.73 Å². The zero-order chi connectivity index (χ0) is 10.8. The molecular weight excluding hydrogens is 189 g/mol. The van der Waals surface area contributed by atoms with Gasteiger partial charge in [0, 0.05) is 5.69 Å². The van der Waals surface area contributed by atoms with Crippen molar-refractivity contribution >= 4 is 5.69 Å². The van der Waals surface area contributed by atoms with Gasteiger partial charge in [0.25, 0.3) is 0 Å². The normalized spacial score (nSPS) is 18.0. The maximum atomic E-state index is 13.8. The van der Waals surface area contributed by atoms with Crippen LogP contribution in [0.2, 0.25) is 0 Å². The van der Waals surface area contributed by atoms with E-state index in [0.29, 0.717) is 5.92 Å². The van der Waals surface area contributed by atoms with Crippen molar-refractivity contribution < 1.29 is 4.39 Å². The second kappa shape index (κ2) is 4.21. The van der Waals surface area contributed by atoms with Crippen molar-refractivity contribution in [1.29, 1.82) is 0 Å². The second-order valence-electron chi connectivity index (χ2n) is 4.57. The van der Waals surface area contributed by atoms with Crippen LogP contribution in [0.4, 0.5) is 10.1 Å². The van der Waals surface area contributed by atoms with E-state index < -0.39 is 0 Å². The highest BCUT2D eigenvalue weighted by molar-refractivity contribution is 5.49. The van der Waals surface area contributed by atoms with E-state index in [-0.39, 0.29) is 5.82 Å². The first kappa shape index (κ1) is 10.5. The van der Waals surface area contributed by atoms with Gasteiger partial charge in [-0.3, -0.25) is 0 Å². The van der Waals surface area contributed by atoms with Crippen LogP contribution in [0.3, 0.4) is 0 Å². The van der Waals surface area contributed by atoms with E-state index in [0.717, 1.165) is 29.7 Å². The van der Waals surface area contributed by atoms with Crippen LogP contribution in [-0.2, 0) is 0 Å². The van der Waals surface area contributed by atoms with E-state index in [1.54, 1.807) is 6.07 Å². The van der Waals surface area contributed by atoms with Crippen LogP contribution in [0.25, 0.3) is 0 Å². The topological polar surface area (TPSA) is 26.0 Å². The molecular formula is C13H18FN. The molecule has 0 atom stereocenters. The molecule has 0 amide bonds. The molecule has 0 radical (unpaired) electrons. The molecule has 0 saturated heterocycles. The Morgan fingerprint density at radius 2 is 1.87 bits per heavy atom. The predicted molar refractivity (Wildman–Crippen MR) is 61.4 cm³/mol. The summed E-state index contributed by atoms with van der Waals surface area (Å²) in [6.07, 6.45) is 5.95. The summed E-state index contributed by atoms with van der Waals surface area (Å²) in [6, 6.07) is 3.40. The van der Waals surface area contributed by atoms with Crippen LogP contribution >= 0.6 is 0 Å². The fourth-order valence-corrected chi connectivity index (χ4v) is 2.43. The summed E-state index contributed by atoms with van der Waals surface area (Å²) in [5.74, 6) is 0.315. The summed E-state index contributed by atoms with van der Waals surface area (Å²) in [6.45, 7) is 1.85. The number of hydrogen-bond acceptors (Lipinski definition) is 1. The van der Waals surface area contributed by atoms with Gasteiger partial charge >= 0.3 is 0 Å². The zero-order valence-corrected chi connectivity index (χ0v) is 9.22. The van der Waals surface area contributed by atoms with Crippen LogP contribution in [0.15, 0.2) is 12.1 Å². The summed E-state index contributed by atoms with van der Waals surface area (Å²) >= 11 is 0. The molecule has 1 fully saturated rings. The standard InChI is InChI=1S/C13H18FN/c1-9-7-12(14)11(8-13(9)15)10-5-3-2-4-6-10/h7-8,10H,2-6,15H2,1H3. The van der Waals surface area contributed by atoms with Gasteiger partial charge in [0.15, 0.2) is 0 Å². The third-order valence-electron chi connectivity index (χ3n) is 3.43. The van der Waals surface area contributed by atoms with Crippen LogP contribution in [0.1, 0.15) is 49.1 Å². The number of benzene rings is 1. The maximum absolute atomic E-state index is 13.8. The number of hydrogen-bond donors (Lipinski definition) is 1. The monoisotopic (exact) mass is 207 g/mol. The quantitative estimate of drug-likeness (QED) is 0.697. The molecule has 0 bridgehead atoms. The van der Waals surface area contributed by atoms with Gasteiger partial charge in [0.05, 0.1) is 0 Å². The van der Waals surface area contributed by atoms with Crippen molar-refractivity contribution in [1.82, 2.24) is 0 Å². The Balaban J connectivity index is 2.30. The van der Waals surface area contributed by atoms with Gasteiger partial charge < -0.3 is 5.73 Å². The van der Waals surface area contributed by atoms with Gasteiger partial charge in [0.2, 0.25) is 0 Å². The van der Waals surface area contributed by atoms with Gasteiger partial charge in [-0.05, 0) is 48.9 Å². The molecule has 1 aliphatic rings. The van der Waals surface area contributed by atoms with E-state index >= 15 is 0 Å². The SMILES string of the molecule is Cc1cc(F)c(C2CCCCC2)cc1N. The Kier molecular flexibility index (Phi) is 2.94. The Bertz CT molecular complexity index is 354. The number of rotatable bonds is 1. The predicted octanol–water partition coefficient (Wildman–Crippen LogP) is 3.76. The fourth-order valence-electron chi connectivity index (χ4n) is 2.43. The largest absolute Gasteiger partial charge is 0.399 e. The zero-order valence-electron chi connectivity index (χ0n) is 9.22. The van der Waals surface area contributed by atoms with E-state index in [2.05, 4.69) is 0 Å². The molecule has 1 aromatic carbocycles. The van der Waals surface area contributed by atoms with Crippen LogP contribution in [0, 0.1) is 12.7 Å². The molecule has 2 heteroatoms. The van der Waals surface area contributed by atoms with Gasteiger partial charge in [0.1, 0.15) is 5.82 Å². The van der Waals surface area contributed by atoms with Crippen LogP contribution < -0.4 is 5.73 Å². The summed E-state index contributed by atoms with van der Waals surface area (Å²) in [5.41, 5.74) is 8.22. The Morgan fingerprint density at radius 1 is 1.20 bits per heavy atom. The van der Waals surface area contributed by atoms with Crippen molar-refractivity contribution in [2.24, 2.45) is 0 Å². The van der Waals surface area contributed by atoms with Crippen molar-refractivity contribution in [3.63, 3.8) is 0 Å².